The van der Waals surface area contributed by atoms with Gasteiger partial charge in [-0.3, -0.25) is 0 Å². The van der Waals surface area contributed by atoms with Crippen LogP contribution in [-0.4, -0.2) is 26.0 Å². The lowest BCUT2D eigenvalue weighted by atomic mass is 9.62. The van der Waals surface area contributed by atoms with Gasteiger partial charge < -0.3 is 10.3 Å². The summed E-state index contributed by atoms with van der Waals surface area (Å²) >= 11 is 6.32. The molecule has 3 aromatic heterocycles. The molecule has 3 saturated carbocycles. The van der Waals surface area contributed by atoms with Gasteiger partial charge in [-0.1, -0.05) is 18.5 Å². The maximum atomic E-state index is 13.9. The topological polar surface area (TPSA) is 66.5 Å². The molecule has 7 heteroatoms. The van der Waals surface area contributed by atoms with Crippen molar-refractivity contribution in [2.24, 2.45) is 17.8 Å². The summed E-state index contributed by atoms with van der Waals surface area (Å²) in [4.78, 5) is 16.9. The van der Waals surface area contributed by atoms with E-state index in [9.17, 15) is 4.39 Å². The van der Waals surface area contributed by atoms with Gasteiger partial charge in [-0.05, 0) is 67.7 Å². The molecule has 0 radical (unpaired) electrons. The van der Waals surface area contributed by atoms with E-state index >= 15 is 0 Å². The molecule has 2 N–H and O–H groups in total. The van der Waals surface area contributed by atoms with Crippen LogP contribution in [0.2, 0.25) is 5.02 Å². The second kappa shape index (κ2) is 7.16. The minimum atomic E-state index is -0.383. The van der Waals surface area contributed by atoms with Gasteiger partial charge in [0.05, 0.1) is 11.7 Å². The Kier molecular flexibility index (Phi) is 4.39. The predicted molar refractivity (Wildman–Crippen MR) is 122 cm³/mol. The van der Waals surface area contributed by atoms with Crippen LogP contribution in [0.15, 0.2) is 36.7 Å². The molecule has 0 amide bonds. The van der Waals surface area contributed by atoms with Gasteiger partial charge in [-0.25, -0.2) is 19.3 Å². The molecular formula is C24H23ClFN5. The number of nitrogens with zero attached hydrogens (tertiary/aromatic N) is 3. The Labute approximate surface area is 184 Å². The molecule has 7 rings (SSSR count). The van der Waals surface area contributed by atoms with Gasteiger partial charge >= 0.3 is 0 Å². The monoisotopic (exact) mass is 435 g/mol. The number of fused-ring (bicyclic) bond motifs is 5. The molecule has 3 aliphatic rings. The van der Waals surface area contributed by atoms with E-state index in [1.165, 1.54) is 37.9 Å². The number of hydrogen-bond donors (Lipinski definition) is 2. The first-order chi connectivity index (χ1) is 15.1. The minimum absolute atomic E-state index is 0.383. The Balaban J connectivity index is 1.50. The van der Waals surface area contributed by atoms with Gasteiger partial charge in [0.1, 0.15) is 17.3 Å². The van der Waals surface area contributed by atoms with E-state index in [-0.39, 0.29) is 5.82 Å². The third-order valence-electron chi connectivity index (χ3n) is 7.33. The van der Waals surface area contributed by atoms with E-state index in [1.807, 2.05) is 18.2 Å². The van der Waals surface area contributed by atoms with Crippen molar-refractivity contribution in [1.29, 1.82) is 0 Å². The molecule has 4 aromatic rings. The van der Waals surface area contributed by atoms with Gasteiger partial charge in [0, 0.05) is 33.6 Å². The number of rotatable bonds is 3. The van der Waals surface area contributed by atoms with Crippen molar-refractivity contribution in [2.75, 3.05) is 5.32 Å². The standard InChI is InChI=1S/C24H23ClFN5/c1-12-13-2-4-14(5-3-13)21(12)30-23-18-8-15(25)6-7-20(18)29-24(31-23)19-11-28-22-17(19)9-16(26)10-27-22/h6-14,21H,2-5H2,1H3,(H,27,28)(H,29,30,31). The van der Waals surface area contributed by atoms with Gasteiger partial charge in [-0.15, -0.1) is 0 Å². The average molecular weight is 436 g/mol. The van der Waals surface area contributed by atoms with E-state index in [2.05, 4.69) is 22.2 Å². The van der Waals surface area contributed by atoms with Gasteiger partial charge in [0.15, 0.2) is 5.82 Å². The number of anilines is 1. The lowest BCUT2D eigenvalue weighted by Crippen LogP contribution is -2.47. The summed E-state index contributed by atoms with van der Waals surface area (Å²) in [5.41, 5.74) is 2.16. The smallest absolute Gasteiger partial charge is 0.164 e. The minimum Gasteiger partial charge on any atom is -0.366 e. The number of halogens is 2. The number of aromatic nitrogens is 4. The number of benzene rings is 1. The highest BCUT2D eigenvalue weighted by Crippen LogP contribution is 2.46. The lowest BCUT2D eigenvalue weighted by Gasteiger charge is -2.47. The van der Waals surface area contributed by atoms with Crippen molar-refractivity contribution in [3.63, 3.8) is 0 Å². The molecule has 3 heterocycles. The number of aromatic amines is 1. The Morgan fingerprint density at radius 2 is 1.87 bits per heavy atom. The predicted octanol–water partition coefficient (Wildman–Crippen LogP) is 6.20. The van der Waals surface area contributed by atoms with Crippen molar-refractivity contribution in [2.45, 2.75) is 38.6 Å². The van der Waals surface area contributed by atoms with Gasteiger partial charge in [0.25, 0.3) is 0 Å². The molecule has 1 aromatic carbocycles. The van der Waals surface area contributed by atoms with E-state index in [0.717, 1.165) is 28.2 Å². The van der Waals surface area contributed by atoms with E-state index in [1.54, 1.807) is 6.20 Å². The van der Waals surface area contributed by atoms with Crippen molar-refractivity contribution in [3.05, 3.63) is 47.5 Å². The number of pyridine rings is 1. The number of H-pyrrole nitrogens is 1. The van der Waals surface area contributed by atoms with E-state index in [0.29, 0.717) is 39.8 Å². The summed E-state index contributed by atoms with van der Waals surface area (Å²) < 4.78 is 13.9. The summed E-state index contributed by atoms with van der Waals surface area (Å²) in [6.45, 7) is 2.36. The summed E-state index contributed by atoms with van der Waals surface area (Å²) in [5.74, 6) is 3.01. The highest BCUT2D eigenvalue weighted by atomic mass is 35.5. The maximum absolute atomic E-state index is 13.9. The Morgan fingerprint density at radius 1 is 1.06 bits per heavy atom. The fraction of sp³-hybridized carbons (Fsp3) is 0.375. The van der Waals surface area contributed by atoms with Crippen molar-refractivity contribution in [1.82, 2.24) is 19.9 Å². The number of nitrogens with one attached hydrogen (secondary N) is 2. The Morgan fingerprint density at radius 3 is 2.68 bits per heavy atom. The molecule has 3 aliphatic carbocycles. The third-order valence-corrected chi connectivity index (χ3v) is 7.57. The fourth-order valence-electron chi connectivity index (χ4n) is 5.65. The lowest BCUT2D eigenvalue weighted by molar-refractivity contribution is 0.0929. The van der Waals surface area contributed by atoms with Crippen molar-refractivity contribution < 1.29 is 4.39 Å². The van der Waals surface area contributed by atoms with Crippen molar-refractivity contribution in [3.8, 4) is 11.4 Å². The normalized spacial score (nSPS) is 25.4. The molecule has 0 spiro atoms. The number of hydrogen-bond acceptors (Lipinski definition) is 4. The molecule has 2 unspecified atom stereocenters. The molecule has 0 aliphatic heterocycles. The molecule has 2 atom stereocenters. The van der Waals surface area contributed by atoms with Crippen LogP contribution in [0, 0.1) is 23.6 Å². The van der Waals surface area contributed by atoms with Crippen LogP contribution >= 0.6 is 11.6 Å². The molecule has 2 bridgehead atoms. The zero-order valence-corrected chi connectivity index (χ0v) is 18.0. The Bertz CT molecular complexity index is 1290. The molecular weight excluding hydrogens is 413 g/mol. The molecule has 0 saturated heterocycles. The SMILES string of the molecule is CC1C2CCC(CC2)C1Nc1nc(-c2c[nH]c3ncc(F)cc23)nc2ccc(Cl)cc12. The van der Waals surface area contributed by atoms with Gasteiger partial charge in [0.2, 0.25) is 0 Å². The molecule has 3 fully saturated rings. The van der Waals surface area contributed by atoms with Crippen LogP contribution in [0.4, 0.5) is 10.2 Å². The van der Waals surface area contributed by atoms with Crippen LogP contribution in [-0.2, 0) is 0 Å². The quantitative estimate of drug-likeness (QED) is 0.402. The molecule has 5 nitrogen and oxygen atoms in total. The maximum Gasteiger partial charge on any atom is 0.164 e. The summed E-state index contributed by atoms with van der Waals surface area (Å²) in [5, 5.41) is 6.02. The van der Waals surface area contributed by atoms with Crippen LogP contribution in [0.3, 0.4) is 0 Å². The third kappa shape index (κ3) is 3.16. The largest absolute Gasteiger partial charge is 0.366 e. The fourth-order valence-corrected chi connectivity index (χ4v) is 5.83. The molecule has 158 valence electrons. The van der Waals surface area contributed by atoms with Crippen LogP contribution in [0.5, 0.6) is 0 Å². The highest BCUT2D eigenvalue weighted by molar-refractivity contribution is 6.31. The first-order valence-corrected chi connectivity index (χ1v) is 11.3. The zero-order chi connectivity index (χ0) is 21.1. The van der Waals surface area contributed by atoms with Crippen molar-refractivity contribution >= 4 is 39.4 Å². The van der Waals surface area contributed by atoms with Crippen LogP contribution in [0.25, 0.3) is 33.3 Å². The average Bonchev–Trinajstić information content (AvgIpc) is 3.19. The molecule has 31 heavy (non-hydrogen) atoms. The van der Waals surface area contributed by atoms with Crippen LogP contribution < -0.4 is 5.32 Å². The summed E-state index contributed by atoms with van der Waals surface area (Å²) in [6.07, 6.45) is 8.22. The van der Waals surface area contributed by atoms with Crippen LogP contribution in [0.1, 0.15) is 32.6 Å². The second-order valence-corrected chi connectivity index (χ2v) is 9.45. The first-order valence-electron chi connectivity index (χ1n) is 10.9. The second-order valence-electron chi connectivity index (χ2n) is 9.01. The van der Waals surface area contributed by atoms with E-state index < -0.39 is 0 Å². The summed E-state index contributed by atoms with van der Waals surface area (Å²) in [7, 11) is 0. The first kappa shape index (κ1) is 19.0. The Hall–Kier alpha value is -2.73. The van der Waals surface area contributed by atoms with Gasteiger partial charge in [-0.2, -0.15) is 0 Å². The zero-order valence-electron chi connectivity index (χ0n) is 17.2. The highest BCUT2D eigenvalue weighted by Gasteiger charge is 2.41. The van der Waals surface area contributed by atoms with E-state index in [4.69, 9.17) is 21.6 Å². The summed E-state index contributed by atoms with van der Waals surface area (Å²) in [6, 6.07) is 7.54.